The summed E-state index contributed by atoms with van der Waals surface area (Å²) in [6.45, 7) is 2.15. The smallest absolute Gasteiger partial charge is 0.130 e. The lowest BCUT2D eigenvalue weighted by Gasteiger charge is -2.34. The van der Waals surface area contributed by atoms with Gasteiger partial charge in [-0.2, -0.15) is 0 Å². The third kappa shape index (κ3) is 3.01. The first-order valence-corrected chi connectivity index (χ1v) is 7.73. The maximum absolute atomic E-state index is 9.56. The summed E-state index contributed by atoms with van der Waals surface area (Å²) < 4.78 is 0. The molecule has 0 spiro atoms. The van der Waals surface area contributed by atoms with E-state index in [9.17, 15) is 5.11 Å². The number of para-hydroxylation sites is 1. The second-order valence-corrected chi connectivity index (χ2v) is 5.74. The maximum Gasteiger partial charge on any atom is 0.130 e. The Bertz CT molecular complexity index is 614. The molecule has 2 N–H and O–H groups in total. The Kier molecular flexibility index (Phi) is 4.36. The summed E-state index contributed by atoms with van der Waals surface area (Å²) in [4.78, 5) is 7.09. The minimum atomic E-state index is 0.246. The minimum absolute atomic E-state index is 0.246. The van der Waals surface area contributed by atoms with Crippen molar-refractivity contribution in [3.63, 3.8) is 0 Å². The first-order valence-electron chi connectivity index (χ1n) is 7.73. The summed E-state index contributed by atoms with van der Waals surface area (Å²) >= 11 is 0. The number of anilines is 1. The lowest BCUT2D eigenvalue weighted by molar-refractivity contribution is 0.0842. The number of aliphatic hydroxyl groups excluding tert-OH is 1. The highest BCUT2D eigenvalue weighted by atomic mass is 16.3. The van der Waals surface area contributed by atoms with Gasteiger partial charge in [-0.1, -0.05) is 24.6 Å². The van der Waals surface area contributed by atoms with Gasteiger partial charge < -0.3 is 10.4 Å². The number of rotatable bonds is 4. The van der Waals surface area contributed by atoms with Crippen LogP contribution in [0.5, 0.6) is 0 Å². The van der Waals surface area contributed by atoms with E-state index in [1.807, 2.05) is 25.2 Å². The van der Waals surface area contributed by atoms with Crippen molar-refractivity contribution in [2.24, 2.45) is 0 Å². The monoisotopic (exact) mass is 285 g/mol. The fraction of sp³-hybridized carbons (Fsp3) is 0.471. The average molecular weight is 285 g/mol. The molecule has 1 unspecified atom stereocenters. The molecule has 2 aromatic rings. The Morgan fingerprint density at radius 3 is 3.00 bits per heavy atom. The summed E-state index contributed by atoms with van der Waals surface area (Å²) in [5, 5.41) is 13.9. The fourth-order valence-corrected chi connectivity index (χ4v) is 3.19. The minimum Gasteiger partial charge on any atom is -0.395 e. The van der Waals surface area contributed by atoms with Crippen molar-refractivity contribution in [3.05, 3.63) is 35.9 Å². The Labute approximate surface area is 125 Å². The van der Waals surface area contributed by atoms with Gasteiger partial charge in [0.2, 0.25) is 0 Å². The van der Waals surface area contributed by atoms with E-state index in [0.29, 0.717) is 0 Å². The van der Waals surface area contributed by atoms with Crippen molar-refractivity contribution >= 4 is 16.7 Å². The molecular formula is C17H23N3O. The molecule has 1 fully saturated rings. The molecule has 0 radical (unpaired) electrons. The van der Waals surface area contributed by atoms with Gasteiger partial charge in [-0.3, -0.25) is 4.90 Å². The highest BCUT2D eigenvalue weighted by Crippen LogP contribution is 2.25. The van der Waals surface area contributed by atoms with Crippen LogP contribution in [0.2, 0.25) is 0 Å². The molecule has 3 rings (SSSR count). The number of fused-ring (bicyclic) bond motifs is 1. The Morgan fingerprint density at radius 1 is 1.33 bits per heavy atom. The Balaban J connectivity index is 1.91. The van der Waals surface area contributed by atoms with E-state index in [1.54, 1.807) is 0 Å². The van der Waals surface area contributed by atoms with Gasteiger partial charge in [0.05, 0.1) is 12.1 Å². The first-order chi connectivity index (χ1) is 10.3. The van der Waals surface area contributed by atoms with Crippen LogP contribution in [0.4, 0.5) is 5.82 Å². The molecule has 4 heteroatoms. The largest absolute Gasteiger partial charge is 0.395 e. The van der Waals surface area contributed by atoms with E-state index in [4.69, 9.17) is 4.98 Å². The van der Waals surface area contributed by atoms with Gasteiger partial charge in [0.1, 0.15) is 5.82 Å². The summed E-state index contributed by atoms with van der Waals surface area (Å²) in [7, 11) is 1.92. The lowest BCUT2D eigenvalue weighted by Crippen LogP contribution is -2.41. The van der Waals surface area contributed by atoms with E-state index in [1.165, 1.54) is 23.8 Å². The third-order valence-corrected chi connectivity index (χ3v) is 4.37. The number of pyridine rings is 1. The molecular weight excluding hydrogens is 262 g/mol. The summed E-state index contributed by atoms with van der Waals surface area (Å²) in [5.74, 6) is 0.941. The molecule has 1 atom stereocenters. The van der Waals surface area contributed by atoms with Gasteiger partial charge in [-0.15, -0.1) is 0 Å². The predicted octanol–water partition coefficient (Wildman–Crippen LogP) is 2.62. The molecule has 21 heavy (non-hydrogen) atoms. The van der Waals surface area contributed by atoms with Crippen molar-refractivity contribution in [2.45, 2.75) is 31.8 Å². The second kappa shape index (κ2) is 6.41. The van der Waals surface area contributed by atoms with Crippen LogP contribution in [-0.4, -0.2) is 41.2 Å². The van der Waals surface area contributed by atoms with E-state index in [2.05, 4.69) is 22.3 Å². The zero-order chi connectivity index (χ0) is 14.7. The second-order valence-electron chi connectivity index (χ2n) is 5.74. The zero-order valence-electron chi connectivity index (χ0n) is 12.5. The number of benzene rings is 1. The standard InChI is InChI=1S/C17H23N3O/c1-18-17-14(10-13-6-2-3-8-16(13)19-17)11-20-9-5-4-7-15(20)12-21/h2-3,6,8,10,15,21H,4-5,7,9,11-12H2,1H3,(H,18,19). The first kappa shape index (κ1) is 14.3. The van der Waals surface area contributed by atoms with E-state index >= 15 is 0 Å². The van der Waals surface area contributed by atoms with Gasteiger partial charge in [0, 0.05) is 30.6 Å². The van der Waals surface area contributed by atoms with Gasteiger partial charge in [0.25, 0.3) is 0 Å². The molecule has 0 bridgehead atoms. The zero-order valence-corrected chi connectivity index (χ0v) is 12.5. The average Bonchev–Trinajstić information content (AvgIpc) is 2.54. The molecule has 112 valence electrons. The van der Waals surface area contributed by atoms with E-state index in [0.717, 1.165) is 30.8 Å². The number of hydrogen-bond donors (Lipinski definition) is 2. The quantitative estimate of drug-likeness (QED) is 0.906. The molecule has 4 nitrogen and oxygen atoms in total. The SMILES string of the molecule is CNc1nc2ccccc2cc1CN1CCCCC1CO. The Morgan fingerprint density at radius 2 is 2.19 bits per heavy atom. The predicted molar refractivity (Wildman–Crippen MR) is 86.4 cm³/mol. The molecule has 2 heterocycles. The Hall–Kier alpha value is -1.65. The third-order valence-electron chi connectivity index (χ3n) is 4.37. The summed E-state index contributed by atoms with van der Waals surface area (Å²) in [6, 6.07) is 10.7. The van der Waals surface area contributed by atoms with Crippen LogP contribution < -0.4 is 5.32 Å². The molecule has 0 aliphatic carbocycles. The molecule has 1 aliphatic rings. The molecule has 1 aromatic heterocycles. The van der Waals surface area contributed by atoms with Crippen LogP contribution in [-0.2, 0) is 6.54 Å². The van der Waals surface area contributed by atoms with E-state index < -0.39 is 0 Å². The number of likely N-dealkylation sites (tertiary alicyclic amines) is 1. The molecule has 1 saturated heterocycles. The van der Waals surface area contributed by atoms with Crippen LogP contribution in [0.1, 0.15) is 24.8 Å². The van der Waals surface area contributed by atoms with Crippen molar-refractivity contribution < 1.29 is 5.11 Å². The fourth-order valence-electron chi connectivity index (χ4n) is 3.19. The van der Waals surface area contributed by atoms with Gasteiger partial charge in [-0.25, -0.2) is 4.98 Å². The van der Waals surface area contributed by atoms with E-state index in [-0.39, 0.29) is 12.6 Å². The maximum atomic E-state index is 9.56. The normalized spacial score (nSPS) is 19.8. The highest BCUT2D eigenvalue weighted by Gasteiger charge is 2.22. The van der Waals surface area contributed by atoms with Gasteiger partial charge >= 0.3 is 0 Å². The number of aromatic nitrogens is 1. The topological polar surface area (TPSA) is 48.4 Å². The van der Waals surface area contributed by atoms with Gasteiger partial charge in [-0.05, 0) is 31.5 Å². The molecule has 0 saturated carbocycles. The number of nitrogens with zero attached hydrogens (tertiary/aromatic N) is 2. The summed E-state index contributed by atoms with van der Waals surface area (Å²) in [5.41, 5.74) is 2.22. The number of aliphatic hydroxyl groups is 1. The summed E-state index contributed by atoms with van der Waals surface area (Å²) in [6.07, 6.45) is 3.52. The number of nitrogens with one attached hydrogen (secondary N) is 1. The molecule has 0 amide bonds. The number of hydrogen-bond acceptors (Lipinski definition) is 4. The molecule has 1 aromatic carbocycles. The van der Waals surface area contributed by atoms with Crippen LogP contribution in [0, 0.1) is 0 Å². The van der Waals surface area contributed by atoms with Gasteiger partial charge in [0.15, 0.2) is 0 Å². The number of piperidine rings is 1. The highest BCUT2D eigenvalue weighted by molar-refractivity contribution is 5.81. The molecule has 1 aliphatic heterocycles. The van der Waals surface area contributed by atoms with Crippen LogP contribution in [0.15, 0.2) is 30.3 Å². The van der Waals surface area contributed by atoms with Crippen molar-refractivity contribution in [1.82, 2.24) is 9.88 Å². The van der Waals surface area contributed by atoms with Crippen molar-refractivity contribution in [2.75, 3.05) is 25.5 Å². The van der Waals surface area contributed by atoms with Crippen molar-refractivity contribution in [1.29, 1.82) is 0 Å². The van der Waals surface area contributed by atoms with Crippen LogP contribution in [0.3, 0.4) is 0 Å². The van der Waals surface area contributed by atoms with Crippen LogP contribution >= 0.6 is 0 Å². The lowest BCUT2D eigenvalue weighted by atomic mass is 10.0. The van der Waals surface area contributed by atoms with Crippen LogP contribution in [0.25, 0.3) is 10.9 Å². The van der Waals surface area contributed by atoms with Crippen molar-refractivity contribution in [3.8, 4) is 0 Å².